The number of rotatable bonds is 3. The summed E-state index contributed by atoms with van der Waals surface area (Å²) >= 11 is 0. The van der Waals surface area contributed by atoms with Crippen molar-refractivity contribution in [2.75, 3.05) is 5.73 Å². The minimum atomic E-state index is 0.179. The molecule has 3 aromatic heterocycles. The smallest absolute Gasteiger partial charge is 0.158 e. The molecule has 0 spiro atoms. The molecule has 0 atom stereocenters. The van der Waals surface area contributed by atoms with E-state index in [0.717, 1.165) is 29.1 Å². The molecule has 0 fully saturated rings. The maximum absolute atomic E-state index is 8.52. The Labute approximate surface area is 144 Å². The highest BCUT2D eigenvalue weighted by atomic mass is 15.0. The molecule has 25 heavy (non-hydrogen) atoms. The minimum Gasteiger partial charge on any atom is -0.397 e. The Morgan fingerprint density at radius 2 is 1.92 bits per heavy atom. The zero-order chi connectivity index (χ0) is 17.2. The first-order valence-electron chi connectivity index (χ1n) is 7.90. The monoisotopic (exact) mass is 328 g/mol. The molecule has 0 aromatic carbocycles. The van der Waals surface area contributed by atoms with Crippen molar-refractivity contribution < 1.29 is 0 Å². The molecule has 0 unspecified atom stereocenters. The molecule has 3 aromatic rings. The van der Waals surface area contributed by atoms with Gasteiger partial charge in [0.25, 0.3) is 0 Å². The number of H-pyrrole nitrogens is 1. The van der Waals surface area contributed by atoms with Crippen molar-refractivity contribution in [3.8, 4) is 11.3 Å². The predicted octanol–water partition coefficient (Wildman–Crippen LogP) is 2.99. The Balaban J connectivity index is 1.73. The van der Waals surface area contributed by atoms with E-state index in [9.17, 15) is 0 Å². The van der Waals surface area contributed by atoms with E-state index in [2.05, 4.69) is 19.9 Å². The first-order chi connectivity index (χ1) is 12.2. The number of aromatic nitrogens is 4. The first kappa shape index (κ1) is 15.0. The van der Waals surface area contributed by atoms with Gasteiger partial charge in [-0.05, 0) is 30.3 Å². The van der Waals surface area contributed by atoms with Crippen molar-refractivity contribution in [3.05, 3.63) is 77.8 Å². The minimum absolute atomic E-state index is 0.179. The largest absolute Gasteiger partial charge is 0.397 e. The average Bonchev–Trinajstić information content (AvgIpc) is 2.93. The van der Waals surface area contributed by atoms with E-state index in [1.165, 1.54) is 0 Å². The fourth-order valence-electron chi connectivity index (χ4n) is 2.71. The quantitative estimate of drug-likeness (QED) is 0.643. The zero-order valence-corrected chi connectivity index (χ0v) is 13.4. The summed E-state index contributed by atoms with van der Waals surface area (Å²) in [6.07, 6.45) is 12.1. The van der Waals surface area contributed by atoms with Crippen molar-refractivity contribution in [2.45, 2.75) is 6.42 Å². The summed E-state index contributed by atoms with van der Waals surface area (Å²) in [6, 6.07) is 7.35. The van der Waals surface area contributed by atoms with Crippen LogP contribution in [-0.4, -0.2) is 25.6 Å². The van der Waals surface area contributed by atoms with Gasteiger partial charge in [-0.1, -0.05) is 18.2 Å². The van der Waals surface area contributed by atoms with Gasteiger partial charge in [-0.25, -0.2) is 9.97 Å². The highest BCUT2D eigenvalue weighted by Crippen LogP contribution is 2.22. The van der Waals surface area contributed by atoms with Gasteiger partial charge in [0.1, 0.15) is 11.4 Å². The summed E-state index contributed by atoms with van der Waals surface area (Å²) in [7, 11) is 0. The van der Waals surface area contributed by atoms with E-state index in [1.807, 2.05) is 42.5 Å². The number of anilines is 1. The molecule has 0 saturated carbocycles. The van der Waals surface area contributed by atoms with Crippen molar-refractivity contribution in [2.24, 2.45) is 0 Å². The molecule has 0 aliphatic heterocycles. The van der Waals surface area contributed by atoms with Crippen LogP contribution in [0.3, 0.4) is 0 Å². The second kappa shape index (κ2) is 6.16. The highest BCUT2D eigenvalue weighted by molar-refractivity contribution is 6.10. The van der Waals surface area contributed by atoms with Gasteiger partial charge < -0.3 is 10.7 Å². The van der Waals surface area contributed by atoms with Crippen LogP contribution in [0, 0.1) is 5.41 Å². The van der Waals surface area contributed by atoms with Crippen LogP contribution in [0.15, 0.2) is 54.9 Å². The topological polar surface area (TPSA) is 104 Å². The molecular weight excluding hydrogens is 312 g/mol. The molecular formula is C19H16N6. The van der Waals surface area contributed by atoms with Gasteiger partial charge in [0.05, 0.1) is 17.1 Å². The summed E-state index contributed by atoms with van der Waals surface area (Å²) in [5, 5.41) is 8.52. The summed E-state index contributed by atoms with van der Waals surface area (Å²) in [6.45, 7) is 0. The van der Waals surface area contributed by atoms with Gasteiger partial charge >= 0.3 is 0 Å². The third kappa shape index (κ3) is 2.85. The number of aromatic amines is 1. The van der Waals surface area contributed by atoms with Crippen LogP contribution in [0.5, 0.6) is 0 Å². The molecule has 6 heteroatoms. The molecule has 4 N–H and O–H groups in total. The maximum atomic E-state index is 8.52. The second-order valence-electron chi connectivity index (χ2n) is 5.69. The first-order valence-corrected chi connectivity index (χ1v) is 7.90. The number of nitrogens with zero attached hydrogens (tertiary/aromatic N) is 3. The van der Waals surface area contributed by atoms with Crippen LogP contribution in [0.1, 0.15) is 22.9 Å². The van der Waals surface area contributed by atoms with E-state index in [1.54, 1.807) is 18.5 Å². The van der Waals surface area contributed by atoms with E-state index in [4.69, 9.17) is 11.1 Å². The molecule has 0 bridgehead atoms. The number of fused-ring (bicyclic) bond motifs is 1. The van der Waals surface area contributed by atoms with Gasteiger partial charge in [-0.2, -0.15) is 0 Å². The van der Waals surface area contributed by atoms with E-state index in [-0.39, 0.29) is 5.71 Å². The molecule has 6 nitrogen and oxygen atoms in total. The number of nitrogens with two attached hydrogens (primary N) is 1. The summed E-state index contributed by atoms with van der Waals surface area (Å²) in [5.41, 5.74) is 10.6. The van der Waals surface area contributed by atoms with Crippen LogP contribution in [0.25, 0.3) is 17.3 Å². The van der Waals surface area contributed by atoms with Gasteiger partial charge in [0, 0.05) is 30.1 Å². The van der Waals surface area contributed by atoms with Crippen molar-refractivity contribution in [1.82, 2.24) is 19.9 Å². The SMILES string of the molecule is N=C(c1nc2c([nH]1)CC=CC=C2)c1nc(-c2ccncc2)ccc1N. The highest BCUT2D eigenvalue weighted by Gasteiger charge is 2.17. The molecule has 4 rings (SSSR count). The average molecular weight is 328 g/mol. The zero-order valence-electron chi connectivity index (χ0n) is 13.4. The number of hydrogen-bond donors (Lipinski definition) is 3. The normalized spacial score (nSPS) is 12.6. The van der Waals surface area contributed by atoms with E-state index in [0.29, 0.717) is 17.2 Å². The van der Waals surface area contributed by atoms with E-state index >= 15 is 0 Å². The Kier molecular flexibility index (Phi) is 3.70. The predicted molar refractivity (Wildman–Crippen MR) is 98.3 cm³/mol. The Hall–Kier alpha value is -3.54. The van der Waals surface area contributed by atoms with Crippen LogP contribution < -0.4 is 5.73 Å². The summed E-state index contributed by atoms with van der Waals surface area (Å²) < 4.78 is 0. The summed E-state index contributed by atoms with van der Waals surface area (Å²) in [5.74, 6) is 0.469. The van der Waals surface area contributed by atoms with Crippen LogP contribution in [0.4, 0.5) is 5.69 Å². The molecule has 1 aliphatic carbocycles. The number of hydrogen-bond acceptors (Lipinski definition) is 5. The van der Waals surface area contributed by atoms with Gasteiger partial charge in [0.15, 0.2) is 5.82 Å². The molecule has 0 amide bonds. The molecule has 3 heterocycles. The maximum Gasteiger partial charge on any atom is 0.158 e. The number of imidazole rings is 1. The van der Waals surface area contributed by atoms with Crippen molar-refractivity contribution in [1.29, 1.82) is 5.41 Å². The third-order valence-corrected chi connectivity index (χ3v) is 4.01. The second-order valence-corrected chi connectivity index (χ2v) is 5.69. The fraction of sp³-hybridized carbons (Fsp3) is 0.0526. The van der Waals surface area contributed by atoms with Gasteiger partial charge in [-0.3, -0.25) is 10.4 Å². The number of pyridine rings is 2. The standard InChI is InChI=1S/C19H16N6/c20-13-6-7-14(12-8-10-22-11-9-12)23-18(13)17(21)19-24-15-4-2-1-3-5-16(15)25-19/h1-4,6-11,21H,5,20H2,(H,24,25). The molecule has 0 radical (unpaired) electrons. The van der Waals surface area contributed by atoms with Crippen LogP contribution in [0.2, 0.25) is 0 Å². The van der Waals surface area contributed by atoms with Gasteiger partial charge in [-0.15, -0.1) is 0 Å². The Bertz CT molecular complexity index is 998. The molecule has 0 saturated heterocycles. The lowest BCUT2D eigenvalue weighted by Crippen LogP contribution is -2.10. The van der Waals surface area contributed by atoms with Crippen LogP contribution >= 0.6 is 0 Å². The van der Waals surface area contributed by atoms with E-state index < -0.39 is 0 Å². The lowest BCUT2D eigenvalue weighted by atomic mass is 10.1. The van der Waals surface area contributed by atoms with Crippen molar-refractivity contribution >= 4 is 17.5 Å². The Morgan fingerprint density at radius 3 is 2.76 bits per heavy atom. The van der Waals surface area contributed by atoms with Crippen LogP contribution in [-0.2, 0) is 6.42 Å². The van der Waals surface area contributed by atoms with Gasteiger partial charge in [0.2, 0.25) is 0 Å². The number of nitrogen functional groups attached to an aromatic ring is 1. The Morgan fingerprint density at radius 1 is 1.08 bits per heavy atom. The molecule has 122 valence electrons. The lowest BCUT2D eigenvalue weighted by Gasteiger charge is -2.08. The third-order valence-electron chi connectivity index (χ3n) is 4.01. The van der Waals surface area contributed by atoms with Crippen molar-refractivity contribution in [3.63, 3.8) is 0 Å². The lowest BCUT2D eigenvalue weighted by molar-refractivity contribution is 1.13. The summed E-state index contributed by atoms with van der Waals surface area (Å²) in [4.78, 5) is 16.3. The number of nitrogens with one attached hydrogen (secondary N) is 2. The molecule has 1 aliphatic rings. The fourth-order valence-corrected chi connectivity index (χ4v) is 2.71. The number of allylic oxidation sites excluding steroid dienone is 3.